The SMILES string of the molecule is NC(=O)CCSc1nnc2ccccn12. The van der Waals surface area contributed by atoms with Crippen molar-refractivity contribution < 1.29 is 4.79 Å². The van der Waals surface area contributed by atoms with Gasteiger partial charge in [-0.25, -0.2) is 0 Å². The number of primary amides is 1. The molecule has 2 N–H and O–H groups in total. The highest BCUT2D eigenvalue weighted by atomic mass is 32.2. The molecule has 0 aliphatic heterocycles. The third-order valence-corrected chi connectivity index (χ3v) is 2.81. The summed E-state index contributed by atoms with van der Waals surface area (Å²) in [5, 5.41) is 8.79. The monoisotopic (exact) mass is 222 g/mol. The molecule has 15 heavy (non-hydrogen) atoms. The number of aromatic nitrogens is 3. The van der Waals surface area contributed by atoms with E-state index in [1.165, 1.54) is 11.8 Å². The first-order valence-electron chi connectivity index (χ1n) is 4.48. The maximum atomic E-state index is 10.6. The van der Waals surface area contributed by atoms with E-state index in [0.717, 1.165) is 10.8 Å². The van der Waals surface area contributed by atoms with Gasteiger partial charge < -0.3 is 5.73 Å². The number of amides is 1. The van der Waals surface area contributed by atoms with Crippen LogP contribution in [-0.4, -0.2) is 26.3 Å². The molecule has 5 nitrogen and oxygen atoms in total. The van der Waals surface area contributed by atoms with Crippen molar-refractivity contribution in [3.8, 4) is 0 Å². The lowest BCUT2D eigenvalue weighted by molar-refractivity contribution is -0.117. The van der Waals surface area contributed by atoms with Crippen LogP contribution in [0.1, 0.15) is 6.42 Å². The van der Waals surface area contributed by atoms with Crippen molar-refractivity contribution in [1.29, 1.82) is 0 Å². The molecule has 0 aliphatic rings. The first-order valence-corrected chi connectivity index (χ1v) is 5.47. The molecule has 0 atom stereocenters. The maximum absolute atomic E-state index is 10.6. The van der Waals surface area contributed by atoms with Crippen molar-refractivity contribution in [1.82, 2.24) is 14.6 Å². The standard InChI is InChI=1S/C9H10N4OS/c10-7(14)4-6-15-9-12-11-8-3-1-2-5-13(8)9/h1-3,5H,4,6H2,(H2,10,14). The fourth-order valence-corrected chi connectivity index (χ4v) is 2.04. The predicted octanol–water partition coefficient (Wildman–Crippen LogP) is 0.697. The van der Waals surface area contributed by atoms with Gasteiger partial charge >= 0.3 is 0 Å². The minimum absolute atomic E-state index is 0.295. The van der Waals surface area contributed by atoms with Crippen LogP contribution in [0.3, 0.4) is 0 Å². The molecule has 0 aliphatic carbocycles. The van der Waals surface area contributed by atoms with Crippen molar-refractivity contribution in [2.75, 3.05) is 5.75 Å². The number of pyridine rings is 1. The van der Waals surface area contributed by atoms with E-state index < -0.39 is 0 Å². The minimum atomic E-state index is -0.295. The summed E-state index contributed by atoms with van der Waals surface area (Å²) in [4.78, 5) is 10.6. The summed E-state index contributed by atoms with van der Waals surface area (Å²) in [6, 6.07) is 5.70. The lowest BCUT2D eigenvalue weighted by Gasteiger charge is -1.97. The molecule has 2 aromatic rings. The van der Waals surface area contributed by atoms with Gasteiger partial charge in [0, 0.05) is 18.4 Å². The quantitative estimate of drug-likeness (QED) is 0.773. The normalized spacial score (nSPS) is 10.7. The molecule has 0 aromatic carbocycles. The van der Waals surface area contributed by atoms with Crippen molar-refractivity contribution in [3.05, 3.63) is 24.4 Å². The van der Waals surface area contributed by atoms with Crippen LogP contribution in [0, 0.1) is 0 Å². The Kier molecular flexibility index (Phi) is 2.86. The zero-order valence-electron chi connectivity index (χ0n) is 7.96. The van der Waals surface area contributed by atoms with E-state index in [1.54, 1.807) is 0 Å². The van der Waals surface area contributed by atoms with E-state index in [2.05, 4.69) is 10.2 Å². The molecule has 0 bridgehead atoms. The average Bonchev–Trinajstić information content (AvgIpc) is 2.62. The number of thioether (sulfide) groups is 1. The second-order valence-corrected chi connectivity index (χ2v) is 4.04. The first kappa shape index (κ1) is 9.97. The van der Waals surface area contributed by atoms with Crippen LogP contribution in [-0.2, 0) is 4.79 Å². The third-order valence-electron chi connectivity index (χ3n) is 1.86. The van der Waals surface area contributed by atoms with Gasteiger partial charge in [-0.15, -0.1) is 10.2 Å². The average molecular weight is 222 g/mol. The van der Waals surface area contributed by atoms with E-state index in [0.29, 0.717) is 12.2 Å². The third kappa shape index (κ3) is 2.27. The van der Waals surface area contributed by atoms with Gasteiger partial charge in [-0.2, -0.15) is 0 Å². The Labute approximate surface area is 90.7 Å². The van der Waals surface area contributed by atoms with Crippen LogP contribution in [0.4, 0.5) is 0 Å². The zero-order chi connectivity index (χ0) is 10.7. The van der Waals surface area contributed by atoms with Gasteiger partial charge in [-0.05, 0) is 12.1 Å². The second-order valence-electron chi connectivity index (χ2n) is 2.98. The second kappa shape index (κ2) is 4.31. The lowest BCUT2D eigenvalue weighted by atomic mass is 10.5. The van der Waals surface area contributed by atoms with Gasteiger partial charge in [0.2, 0.25) is 5.91 Å². The summed E-state index contributed by atoms with van der Waals surface area (Å²) in [6.07, 6.45) is 2.24. The number of nitrogens with zero attached hydrogens (tertiary/aromatic N) is 3. The van der Waals surface area contributed by atoms with E-state index >= 15 is 0 Å². The highest BCUT2D eigenvalue weighted by Crippen LogP contribution is 2.16. The summed E-state index contributed by atoms with van der Waals surface area (Å²) >= 11 is 1.47. The summed E-state index contributed by atoms with van der Waals surface area (Å²) in [5.41, 5.74) is 5.85. The summed E-state index contributed by atoms with van der Waals surface area (Å²) in [5.74, 6) is 0.335. The molecule has 1 amide bonds. The van der Waals surface area contributed by atoms with Crippen molar-refractivity contribution in [2.24, 2.45) is 5.73 Å². The van der Waals surface area contributed by atoms with Gasteiger partial charge in [0.1, 0.15) is 0 Å². The number of carbonyl (C=O) groups is 1. The van der Waals surface area contributed by atoms with E-state index in [-0.39, 0.29) is 5.91 Å². The van der Waals surface area contributed by atoms with E-state index in [1.807, 2.05) is 28.8 Å². The largest absolute Gasteiger partial charge is 0.370 e. The molecule has 0 saturated carbocycles. The Bertz CT molecular complexity index is 482. The number of hydrogen-bond acceptors (Lipinski definition) is 4. The molecule has 0 saturated heterocycles. The highest BCUT2D eigenvalue weighted by Gasteiger charge is 2.05. The van der Waals surface area contributed by atoms with E-state index in [4.69, 9.17) is 5.73 Å². The lowest BCUT2D eigenvalue weighted by Crippen LogP contribution is -2.10. The van der Waals surface area contributed by atoms with E-state index in [9.17, 15) is 4.79 Å². The van der Waals surface area contributed by atoms with Crippen LogP contribution in [0.2, 0.25) is 0 Å². The molecule has 0 fully saturated rings. The molecule has 2 heterocycles. The maximum Gasteiger partial charge on any atom is 0.218 e. The highest BCUT2D eigenvalue weighted by molar-refractivity contribution is 7.99. The van der Waals surface area contributed by atoms with Crippen LogP contribution in [0.5, 0.6) is 0 Å². The predicted molar refractivity (Wildman–Crippen MR) is 57.5 cm³/mol. The van der Waals surface area contributed by atoms with Gasteiger partial charge in [0.15, 0.2) is 10.8 Å². The van der Waals surface area contributed by atoms with Crippen molar-refractivity contribution in [3.63, 3.8) is 0 Å². The Balaban J connectivity index is 2.11. The number of hydrogen-bond donors (Lipinski definition) is 1. The topological polar surface area (TPSA) is 73.3 Å². The summed E-state index contributed by atoms with van der Waals surface area (Å²) in [7, 11) is 0. The molecular formula is C9H10N4OS. The molecule has 0 unspecified atom stereocenters. The minimum Gasteiger partial charge on any atom is -0.370 e. The van der Waals surface area contributed by atoms with Gasteiger partial charge in [0.25, 0.3) is 0 Å². The molecular weight excluding hydrogens is 212 g/mol. The molecule has 78 valence electrons. The van der Waals surface area contributed by atoms with Gasteiger partial charge in [0.05, 0.1) is 0 Å². The van der Waals surface area contributed by atoms with Crippen LogP contribution in [0.25, 0.3) is 5.65 Å². The smallest absolute Gasteiger partial charge is 0.218 e. The van der Waals surface area contributed by atoms with Gasteiger partial charge in [-0.1, -0.05) is 17.8 Å². The fraction of sp³-hybridized carbons (Fsp3) is 0.222. The molecule has 0 spiro atoms. The number of carbonyl (C=O) groups excluding carboxylic acids is 1. The Morgan fingerprint density at radius 2 is 2.33 bits per heavy atom. The molecule has 6 heteroatoms. The zero-order valence-corrected chi connectivity index (χ0v) is 8.78. The van der Waals surface area contributed by atoms with Crippen LogP contribution in [0.15, 0.2) is 29.6 Å². The van der Waals surface area contributed by atoms with Gasteiger partial charge in [-0.3, -0.25) is 9.20 Å². The molecule has 2 aromatic heterocycles. The van der Waals surface area contributed by atoms with Crippen LogP contribution >= 0.6 is 11.8 Å². The number of rotatable bonds is 4. The van der Waals surface area contributed by atoms with Crippen LogP contribution < -0.4 is 5.73 Å². The van der Waals surface area contributed by atoms with Crippen molar-refractivity contribution >= 4 is 23.3 Å². The summed E-state index contributed by atoms with van der Waals surface area (Å²) < 4.78 is 1.88. The van der Waals surface area contributed by atoms with Crippen molar-refractivity contribution in [2.45, 2.75) is 11.6 Å². The Morgan fingerprint density at radius 1 is 1.47 bits per heavy atom. The Hall–Kier alpha value is -1.56. The first-order chi connectivity index (χ1) is 7.27. The molecule has 0 radical (unpaired) electrons. The Morgan fingerprint density at radius 3 is 3.13 bits per heavy atom. The fourth-order valence-electron chi connectivity index (χ4n) is 1.16. The number of fused-ring (bicyclic) bond motifs is 1. The molecule has 2 rings (SSSR count). The summed E-state index contributed by atoms with van der Waals surface area (Å²) in [6.45, 7) is 0. The number of nitrogens with two attached hydrogens (primary N) is 1.